The van der Waals surface area contributed by atoms with Gasteiger partial charge in [-0.3, -0.25) is 4.79 Å². The van der Waals surface area contributed by atoms with Crippen LogP contribution in [0, 0.1) is 0 Å². The summed E-state index contributed by atoms with van der Waals surface area (Å²) in [6.07, 6.45) is 54.1. The summed E-state index contributed by atoms with van der Waals surface area (Å²) in [5, 5.41) is 33.3. The van der Waals surface area contributed by atoms with E-state index in [0.717, 1.165) is 25.7 Å². The van der Waals surface area contributed by atoms with Crippen molar-refractivity contribution in [1.29, 1.82) is 0 Å². The van der Waals surface area contributed by atoms with Crippen LogP contribution in [0.15, 0.2) is 0 Å². The number of aliphatic hydroxyl groups excluding tert-OH is 3. The van der Waals surface area contributed by atoms with Gasteiger partial charge in [-0.25, -0.2) is 0 Å². The van der Waals surface area contributed by atoms with Crippen molar-refractivity contribution in [2.45, 2.75) is 308 Å². The fraction of sp³-hybridized carbons (Fsp3) is 0.980. The summed E-state index contributed by atoms with van der Waals surface area (Å²) >= 11 is 0. The van der Waals surface area contributed by atoms with Crippen LogP contribution >= 0.6 is 0 Å². The van der Waals surface area contributed by atoms with Gasteiger partial charge in [0, 0.05) is 0 Å². The van der Waals surface area contributed by atoms with Gasteiger partial charge in [0.1, 0.15) is 0 Å². The van der Waals surface area contributed by atoms with Crippen molar-refractivity contribution >= 4 is 5.91 Å². The van der Waals surface area contributed by atoms with E-state index in [1.165, 1.54) is 231 Å². The number of hydrogen-bond acceptors (Lipinski definition) is 4. The third-order valence-electron chi connectivity index (χ3n) is 12.2. The lowest BCUT2D eigenvalue weighted by molar-refractivity contribution is -0.125. The molecule has 3 atom stereocenters. The Morgan fingerprint density at radius 3 is 0.873 bits per heavy atom. The smallest absolute Gasteiger partial charge is 0.222 e. The van der Waals surface area contributed by atoms with E-state index in [9.17, 15) is 20.1 Å². The minimum absolute atomic E-state index is 0.0425. The summed E-state index contributed by atoms with van der Waals surface area (Å²) in [5.41, 5.74) is 0. The van der Waals surface area contributed by atoms with E-state index in [-0.39, 0.29) is 18.9 Å². The van der Waals surface area contributed by atoms with Gasteiger partial charge in [-0.15, -0.1) is 0 Å². The van der Waals surface area contributed by atoms with Crippen LogP contribution in [0.2, 0.25) is 0 Å². The molecule has 0 aromatic heterocycles. The largest absolute Gasteiger partial charge is 0.394 e. The van der Waals surface area contributed by atoms with E-state index >= 15 is 0 Å². The third kappa shape index (κ3) is 42.8. The highest BCUT2D eigenvalue weighted by Gasteiger charge is 2.21. The average molecular weight is 780 g/mol. The van der Waals surface area contributed by atoms with E-state index < -0.39 is 18.2 Å². The van der Waals surface area contributed by atoms with E-state index in [1.807, 2.05) is 0 Å². The molecule has 5 heteroatoms. The molecule has 0 aromatic rings. The molecule has 5 nitrogen and oxygen atoms in total. The van der Waals surface area contributed by atoms with E-state index in [1.54, 1.807) is 0 Å². The van der Waals surface area contributed by atoms with Gasteiger partial charge in [-0.05, 0) is 12.8 Å². The molecule has 1 amide bonds. The van der Waals surface area contributed by atoms with Crippen molar-refractivity contribution in [2.75, 3.05) is 6.61 Å². The highest BCUT2D eigenvalue weighted by atomic mass is 16.3. The van der Waals surface area contributed by atoms with E-state index in [2.05, 4.69) is 19.2 Å². The molecule has 3 unspecified atom stereocenters. The number of nitrogens with one attached hydrogen (secondary N) is 1. The van der Waals surface area contributed by atoms with Gasteiger partial charge in [-0.1, -0.05) is 271 Å². The monoisotopic (exact) mass is 780 g/mol. The fourth-order valence-corrected chi connectivity index (χ4v) is 8.29. The molecule has 330 valence electrons. The zero-order valence-electron chi connectivity index (χ0n) is 37.6. The van der Waals surface area contributed by atoms with Gasteiger partial charge in [0.05, 0.1) is 31.3 Å². The van der Waals surface area contributed by atoms with Gasteiger partial charge >= 0.3 is 0 Å². The van der Waals surface area contributed by atoms with Crippen LogP contribution in [0.3, 0.4) is 0 Å². The maximum absolute atomic E-state index is 12.4. The highest BCUT2D eigenvalue weighted by Crippen LogP contribution is 2.18. The Hall–Kier alpha value is -0.650. The molecule has 0 aliphatic heterocycles. The van der Waals surface area contributed by atoms with Gasteiger partial charge in [0.2, 0.25) is 5.91 Å². The van der Waals surface area contributed by atoms with Crippen molar-refractivity contribution < 1.29 is 20.1 Å². The second-order valence-electron chi connectivity index (χ2n) is 17.8. The van der Waals surface area contributed by atoms with Gasteiger partial charge < -0.3 is 20.6 Å². The molecule has 0 aromatic carbocycles. The number of aliphatic hydroxyl groups is 3. The first kappa shape index (κ1) is 54.3. The SMILES string of the molecule is CCCCCCCCCCCCCCCCCCCCCCCCCCCCCCCCCC(O)CC(=O)NC(CO)C(O)CCCCCCCCCCC. The molecule has 0 heterocycles. The molecule has 0 bridgehead atoms. The quantitative estimate of drug-likeness (QED) is 0.0463. The molecule has 0 fully saturated rings. The standard InChI is InChI=1S/C50H101NO4/c1-3-5-7-9-11-13-14-15-16-17-18-19-20-21-22-23-24-25-26-27-28-29-30-31-32-33-34-36-37-39-41-43-47(53)45-50(55)51-48(46-52)49(54)44-42-40-38-35-12-10-8-6-4-2/h47-49,52-54H,3-46H2,1-2H3,(H,51,55). The van der Waals surface area contributed by atoms with Crippen LogP contribution in [0.25, 0.3) is 0 Å². The maximum atomic E-state index is 12.4. The van der Waals surface area contributed by atoms with Crippen LogP contribution in [0.1, 0.15) is 290 Å². The van der Waals surface area contributed by atoms with Crippen molar-refractivity contribution in [2.24, 2.45) is 0 Å². The van der Waals surface area contributed by atoms with Crippen LogP contribution in [0.4, 0.5) is 0 Å². The minimum atomic E-state index is -0.742. The lowest BCUT2D eigenvalue weighted by atomic mass is 10.0. The molecule has 0 saturated heterocycles. The maximum Gasteiger partial charge on any atom is 0.222 e. The number of carbonyl (C=O) groups is 1. The molecule has 0 aliphatic rings. The van der Waals surface area contributed by atoms with Crippen LogP contribution in [-0.4, -0.2) is 46.1 Å². The number of carbonyl (C=O) groups excluding carboxylic acids is 1. The predicted octanol–water partition coefficient (Wildman–Crippen LogP) is 15.0. The lowest BCUT2D eigenvalue weighted by Crippen LogP contribution is -2.46. The topological polar surface area (TPSA) is 89.8 Å². The van der Waals surface area contributed by atoms with Crippen LogP contribution in [0.5, 0.6) is 0 Å². The molecule has 0 saturated carbocycles. The summed E-state index contributed by atoms with van der Waals surface area (Å²) in [5.74, 6) is -0.279. The molecular weight excluding hydrogens is 679 g/mol. The second-order valence-corrected chi connectivity index (χ2v) is 17.8. The van der Waals surface area contributed by atoms with Crippen molar-refractivity contribution in [1.82, 2.24) is 5.32 Å². The summed E-state index contributed by atoms with van der Waals surface area (Å²) < 4.78 is 0. The zero-order valence-corrected chi connectivity index (χ0v) is 37.6. The highest BCUT2D eigenvalue weighted by molar-refractivity contribution is 5.76. The van der Waals surface area contributed by atoms with Crippen LogP contribution in [-0.2, 0) is 4.79 Å². The lowest BCUT2D eigenvalue weighted by Gasteiger charge is -2.23. The number of amides is 1. The van der Waals surface area contributed by atoms with E-state index in [0.29, 0.717) is 12.8 Å². The van der Waals surface area contributed by atoms with Crippen LogP contribution < -0.4 is 5.32 Å². The molecule has 4 N–H and O–H groups in total. The summed E-state index contributed by atoms with van der Waals surface area (Å²) in [6.45, 7) is 4.26. The summed E-state index contributed by atoms with van der Waals surface area (Å²) in [7, 11) is 0. The first-order valence-electron chi connectivity index (χ1n) is 25.3. The Labute approximate surface area is 345 Å². The minimum Gasteiger partial charge on any atom is -0.394 e. The fourth-order valence-electron chi connectivity index (χ4n) is 8.29. The molecule has 0 rings (SSSR count). The number of rotatable bonds is 47. The first-order valence-corrected chi connectivity index (χ1v) is 25.3. The Kier molecular flexibility index (Phi) is 45.5. The Morgan fingerprint density at radius 2 is 0.618 bits per heavy atom. The number of unbranched alkanes of at least 4 members (excludes halogenated alkanes) is 38. The summed E-state index contributed by atoms with van der Waals surface area (Å²) in [6, 6.07) is -0.651. The second kappa shape index (κ2) is 46.0. The summed E-state index contributed by atoms with van der Waals surface area (Å²) in [4.78, 5) is 12.4. The third-order valence-corrected chi connectivity index (χ3v) is 12.2. The van der Waals surface area contributed by atoms with Crippen molar-refractivity contribution in [3.63, 3.8) is 0 Å². The zero-order chi connectivity index (χ0) is 40.1. The van der Waals surface area contributed by atoms with Crippen molar-refractivity contribution in [3.05, 3.63) is 0 Å². The Balaban J connectivity index is 3.40. The first-order chi connectivity index (χ1) is 27.0. The average Bonchev–Trinajstić information content (AvgIpc) is 3.18. The van der Waals surface area contributed by atoms with Gasteiger partial charge in [-0.2, -0.15) is 0 Å². The van der Waals surface area contributed by atoms with Gasteiger partial charge in [0.25, 0.3) is 0 Å². The Morgan fingerprint density at radius 1 is 0.382 bits per heavy atom. The Bertz CT molecular complexity index is 733. The van der Waals surface area contributed by atoms with Crippen molar-refractivity contribution in [3.8, 4) is 0 Å². The molecule has 0 spiro atoms. The number of hydrogen-bond donors (Lipinski definition) is 4. The van der Waals surface area contributed by atoms with Gasteiger partial charge in [0.15, 0.2) is 0 Å². The molecule has 55 heavy (non-hydrogen) atoms. The normalized spacial score (nSPS) is 13.3. The molecule has 0 radical (unpaired) electrons. The van der Waals surface area contributed by atoms with E-state index in [4.69, 9.17) is 0 Å². The molecular formula is C50H101NO4. The predicted molar refractivity (Wildman–Crippen MR) is 241 cm³/mol. The molecule has 0 aliphatic carbocycles.